The number of halogens is 1. The van der Waals surface area contributed by atoms with E-state index in [0.29, 0.717) is 11.3 Å². The molecule has 3 rings (SSSR count). The molecule has 0 saturated heterocycles. The fourth-order valence-corrected chi connectivity index (χ4v) is 3.22. The summed E-state index contributed by atoms with van der Waals surface area (Å²) in [6.45, 7) is 0. The minimum absolute atomic E-state index is 0.0935. The molecule has 0 fully saturated rings. The molecule has 0 aliphatic rings. The van der Waals surface area contributed by atoms with Gasteiger partial charge in [-0.05, 0) is 36.4 Å². The van der Waals surface area contributed by atoms with E-state index in [0.717, 1.165) is 12.1 Å². The van der Waals surface area contributed by atoms with Crippen molar-refractivity contribution in [3.05, 3.63) is 66.4 Å². The first kappa shape index (κ1) is 12.8. The number of imidazole rings is 1. The number of hydrogen-bond donors (Lipinski definition) is 0. The SMILES string of the molecule is O=S(=O)(Cc1cn2ccccc2n1)c1ccc(F)cc1. The summed E-state index contributed by atoms with van der Waals surface area (Å²) in [6, 6.07) is 10.3. The Morgan fingerprint density at radius 3 is 2.55 bits per heavy atom. The number of pyridine rings is 1. The highest BCUT2D eigenvalue weighted by Gasteiger charge is 2.17. The van der Waals surface area contributed by atoms with Crippen LogP contribution >= 0.6 is 0 Å². The zero-order valence-corrected chi connectivity index (χ0v) is 11.2. The van der Waals surface area contributed by atoms with Crippen LogP contribution in [0.5, 0.6) is 0 Å². The summed E-state index contributed by atoms with van der Waals surface area (Å²) in [5.74, 6) is -0.669. The van der Waals surface area contributed by atoms with Crippen LogP contribution in [-0.4, -0.2) is 17.8 Å². The van der Waals surface area contributed by atoms with Crippen LogP contribution in [0.2, 0.25) is 0 Å². The molecule has 2 heterocycles. The number of sulfone groups is 1. The summed E-state index contributed by atoms with van der Waals surface area (Å²) in [7, 11) is -3.52. The Balaban J connectivity index is 1.94. The molecule has 4 nitrogen and oxygen atoms in total. The molecule has 102 valence electrons. The molecular weight excluding hydrogens is 279 g/mol. The zero-order valence-electron chi connectivity index (χ0n) is 10.4. The van der Waals surface area contributed by atoms with E-state index in [4.69, 9.17) is 0 Å². The van der Waals surface area contributed by atoms with Crippen LogP contribution in [0.15, 0.2) is 59.8 Å². The Bertz CT molecular complexity index is 821. The summed E-state index contributed by atoms with van der Waals surface area (Å²) in [5, 5.41) is 0. The molecule has 0 amide bonds. The summed E-state index contributed by atoms with van der Waals surface area (Å²) in [6.07, 6.45) is 3.48. The third-order valence-electron chi connectivity index (χ3n) is 2.92. The monoisotopic (exact) mass is 290 g/mol. The predicted molar refractivity (Wildman–Crippen MR) is 72.5 cm³/mol. The van der Waals surface area contributed by atoms with Crippen LogP contribution in [-0.2, 0) is 15.6 Å². The number of benzene rings is 1. The molecule has 0 unspecified atom stereocenters. The van der Waals surface area contributed by atoms with Crippen LogP contribution in [0.3, 0.4) is 0 Å². The third-order valence-corrected chi connectivity index (χ3v) is 4.59. The van der Waals surface area contributed by atoms with E-state index in [2.05, 4.69) is 4.98 Å². The zero-order chi connectivity index (χ0) is 14.2. The average molecular weight is 290 g/mol. The molecule has 0 radical (unpaired) electrons. The van der Waals surface area contributed by atoms with Gasteiger partial charge in [-0.3, -0.25) is 0 Å². The van der Waals surface area contributed by atoms with Crippen molar-refractivity contribution < 1.29 is 12.8 Å². The van der Waals surface area contributed by atoms with Gasteiger partial charge in [0.25, 0.3) is 0 Å². The van der Waals surface area contributed by atoms with Crippen molar-refractivity contribution >= 4 is 15.5 Å². The van der Waals surface area contributed by atoms with Crippen molar-refractivity contribution in [3.63, 3.8) is 0 Å². The van der Waals surface area contributed by atoms with E-state index in [-0.39, 0.29) is 10.6 Å². The molecule has 3 aromatic rings. The van der Waals surface area contributed by atoms with E-state index in [9.17, 15) is 12.8 Å². The molecule has 0 spiro atoms. The highest BCUT2D eigenvalue weighted by Crippen LogP contribution is 2.17. The maximum Gasteiger partial charge on any atom is 0.184 e. The topological polar surface area (TPSA) is 51.4 Å². The van der Waals surface area contributed by atoms with Crippen LogP contribution in [0, 0.1) is 5.82 Å². The quantitative estimate of drug-likeness (QED) is 0.696. The Hall–Kier alpha value is -2.21. The Kier molecular flexibility index (Phi) is 3.02. The minimum atomic E-state index is -3.52. The van der Waals surface area contributed by atoms with Crippen LogP contribution in [0.25, 0.3) is 5.65 Å². The molecule has 0 saturated carbocycles. The molecule has 0 aliphatic carbocycles. The lowest BCUT2D eigenvalue weighted by atomic mass is 10.4. The van der Waals surface area contributed by atoms with Crippen LogP contribution in [0.4, 0.5) is 4.39 Å². The number of aromatic nitrogens is 2. The first-order chi connectivity index (χ1) is 9.54. The standard InChI is InChI=1S/C14H11FN2O2S/c15-11-4-6-13(7-5-11)20(18,19)10-12-9-17-8-2-1-3-14(17)16-12/h1-9H,10H2. The average Bonchev–Trinajstić information content (AvgIpc) is 2.80. The van der Waals surface area contributed by atoms with Crippen molar-refractivity contribution in [2.45, 2.75) is 10.6 Å². The lowest BCUT2D eigenvalue weighted by Gasteiger charge is -2.01. The smallest absolute Gasteiger partial charge is 0.184 e. The maximum absolute atomic E-state index is 12.8. The summed E-state index contributed by atoms with van der Waals surface area (Å²) >= 11 is 0. The van der Waals surface area contributed by atoms with Gasteiger partial charge in [0.15, 0.2) is 9.84 Å². The lowest BCUT2D eigenvalue weighted by Crippen LogP contribution is -2.05. The molecule has 20 heavy (non-hydrogen) atoms. The van der Waals surface area contributed by atoms with Gasteiger partial charge in [-0.15, -0.1) is 0 Å². The van der Waals surface area contributed by atoms with Gasteiger partial charge in [0, 0.05) is 12.4 Å². The van der Waals surface area contributed by atoms with E-state index in [1.54, 1.807) is 22.9 Å². The lowest BCUT2D eigenvalue weighted by molar-refractivity contribution is 0.593. The van der Waals surface area contributed by atoms with Gasteiger partial charge in [-0.1, -0.05) is 6.07 Å². The van der Waals surface area contributed by atoms with Gasteiger partial charge in [-0.2, -0.15) is 0 Å². The van der Waals surface area contributed by atoms with Crippen molar-refractivity contribution in [3.8, 4) is 0 Å². The van der Waals surface area contributed by atoms with Crippen molar-refractivity contribution in [2.75, 3.05) is 0 Å². The Morgan fingerprint density at radius 1 is 1.10 bits per heavy atom. The first-order valence-corrected chi connectivity index (χ1v) is 7.61. The molecular formula is C14H11FN2O2S. The number of fused-ring (bicyclic) bond motifs is 1. The van der Waals surface area contributed by atoms with Gasteiger partial charge >= 0.3 is 0 Å². The number of hydrogen-bond acceptors (Lipinski definition) is 3. The molecule has 0 N–H and O–H groups in total. The molecule has 6 heteroatoms. The number of rotatable bonds is 3. The van der Waals surface area contributed by atoms with Crippen LogP contribution < -0.4 is 0 Å². The van der Waals surface area contributed by atoms with Gasteiger partial charge in [0.2, 0.25) is 0 Å². The Morgan fingerprint density at radius 2 is 1.85 bits per heavy atom. The fourth-order valence-electron chi connectivity index (χ4n) is 1.98. The first-order valence-electron chi connectivity index (χ1n) is 5.95. The Labute approximate surface area is 115 Å². The van der Waals surface area contributed by atoms with E-state index < -0.39 is 15.7 Å². The largest absolute Gasteiger partial charge is 0.307 e. The number of nitrogens with zero attached hydrogens (tertiary/aromatic N) is 2. The summed E-state index contributed by atoms with van der Waals surface area (Å²) in [5.41, 5.74) is 1.15. The minimum Gasteiger partial charge on any atom is -0.307 e. The van der Waals surface area contributed by atoms with Gasteiger partial charge in [0.1, 0.15) is 11.5 Å². The maximum atomic E-state index is 12.8. The van der Waals surface area contributed by atoms with Gasteiger partial charge < -0.3 is 4.40 Å². The van der Waals surface area contributed by atoms with Crippen LogP contribution in [0.1, 0.15) is 5.69 Å². The highest BCUT2D eigenvalue weighted by atomic mass is 32.2. The highest BCUT2D eigenvalue weighted by molar-refractivity contribution is 7.90. The van der Waals surface area contributed by atoms with Gasteiger partial charge in [-0.25, -0.2) is 17.8 Å². The van der Waals surface area contributed by atoms with E-state index >= 15 is 0 Å². The van der Waals surface area contributed by atoms with Crippen molar-refractivity contribution in [1.82, 2.24) is 9.38 Å². The second-order valence-corrected chi connectivity index (χ2v) is 6.40. The van der Waals surface area contributed by atoms with E-state index in [1.807, 2.05) is 12.1 Å². The summed E-state index contributed by atoms with van der Waals surface area (Å²) < 4.78 is 39.0. The molecule has 0 bridgehead atoms. The van der Waals surface area contributed by atoms with Crippen molar-refractivity contribution in [1.29, 1.82) is 0 Å². The van der Waals surface area contributed by atoms with Crippen molar-refractivity contribution in [2.24, 2.45) is 0 Å². The normalized spacial score (nSPS) is 11.8. The molecule has 0 aliphatic heterocycles. The van der Waals surface area contributed by atoms with E-state index in [1.165, 1.54) is 12.1 Å². The second-order valence-electron chi connectivity index (χ2n) is 4.41. The third kappa shape index (κ3) is 2.42. The summed E-state index contributed by atoms with van der Waals surface area (Å²) in [4.78, 5) is 4.34. The second kappa shape index (κ2) is 4.72. The predicted octanol–water partition coefficient (Wildman–Crippen LogP) is 2.45. The molecule has 2 aromatic heterocycles. The molecule has 1 aromatic carbocycles. The fraction of sp³-hybridized carbons (Fsp3) is 0.0714. The molecule has 0 atom stereocenters. The van der Waals surface area contributed by atoms with Gasteiger partial charge in [0.05, 0.1) is 16.3 Å².